The van der Waals surface area contributed by atoms with E-state index in [9.17, 15) is 0 Å². The number of nitrogens with zero attached hydrogens (tertiary/aromatic N) is 3. The maximum absolute atomic E-state index is 6.07. The Morgan fingerprint density at radius 2 is 2.11 bits per heavy atom. The molecule has 3 rings (SSSR count). The van der Waals surface area contributed by atoms with Gasteiger partial charge in [-0.15, -0.1) is 24.0 Å². The summed E-state index contributed by atoms with van der Waals surface area (Å²) in [4.78, 5) is 8.97. The third-order valence-electron chi connectivity index (χ3n) is 6.25. The summed E-state index contributed by atoms with van der Waals surface area (Å²) in [6, 6.07) is 0.455. The van der Waals surface area contributed by atoms with Gasteiger partial charge < -0.3 is 19.9 Å². The molecule has 0 aliphatic heterocycles. The second-order valence-electron chi connectivity index (χ2n) is 8.49. The van der Waals surface area contributed by atoms with Crippen LogP contribution in [0.5, 0.6) is 0 Å². The van der Waals surface area contributed by atoms with Gasteiger partial charge in [-0.1, -0.05) is 33.1 Å². The number of rotatable bonds is 7. The number of imidazole rings is 1. The molecule has 6 nitrogen and oxygen atoms in total. The lowest BCUT2D eigenvalue weighted by molar-refractivity contribution is -0.145. The highest BCUT2D eigenvalue weighted by Crippen LogP contribution is 2.53. The first-order valence-electron chi connectivity index (χ1n) is 10.7. The van der Waals surface area contributed by atoms with E-state index in [1.54, 1.807) is 0 Å². The van der Waals surface area contributed by atoms with E-state index >= 15 is 0 Å². The van der Waals surface area contributed by atoms with E-state index in [0.29, 0.717) is 30.0 Å². The largest absolute Gasteiger partial charge is 0.378 e. The van der Waals surface area contributed by atoms with E-state index in [2.05, 4.69) is 52.1 Å². The zero-order valence-electron chi connectivity index (χ0n) is 17.9. The van der Waals surface area contributed by atoms with Gasteiger partial charge >= 0.3 is 0 Å². The zero-order chi connectivity index (χ0) is 19.3. The van der Waals surface area contributed by atoms with E-state index in [0.717, 1.165) is 31.4 Å². The Hall–Kier alpha value is -0.830. The topological polar surface area (TPSA) is 63.5 Å². The van der Waals surface area contributed by atoms with Gasteiger partial charge in [0.2, 0.25) is 0 Å². The number of guanidine groups is 1. The number of nitrogens with one attached hydrogen (secondary N) is 2. The van der Waals surface area contributed by atoms with Crippen LogP contribution in [-0.2, 0) is 17.8 Å². The van der Waals surface area contributed by atoms with Crippen molar-refractivity contribution in [2.24, 2.45) is 16.3 Å². The minimum Gasteiger partial charge on any atom is -0.378 e. The predicted octanol–water partition coefficient (Wildman–Crippen LogP) is 3.95. The highest BCUT2D eigenvalue weighted by Gasteiger charge is 2.55. The smallest absolute Gasteiger partial charge is 0.191 e. The van der Waals surface area contributed by atoms with Crippen LogP contribution in [0, 0.1) is 11.3 Å². The van der Waals surface area contributed by atoms with Crippen molar-refractivity contribution in [3.8, 4) is 0 Å². The van der Waals surface area contributed by atoms with Crippen molar-refractivity contribution in [3.63, 3.8) is 0 Å². The molecule has 0 amide bonds. The molecule has 2 aliphatic rings. The maximum Gasteiger partial charge on any atom is 0.191 e. The van der Waals surface area contributed by atoms with Crippen molar-refractivity contribution in [2.75, 3.05) is 13.7 Å². The van der Waals surface area contributed by atoms with Gasteiger partial charge in [0.25, 0.3) is 0 Å². The average Bonchev–Trinajstić information content (AvgIpc) is 3.10. The first kappa shape index (κ1) is 23.4. The summed E-state index contributed by atoms with van der Waals surface area (Å²) in [5, 5.41) is 7.16. The zero-order valence-corrected chi connectivity index (χ0v) is 20.2. The van der Waals surface area contributed by atoms with Gasteiger partial charge in [-0.25, -0.2) is 4.98 Å². The molecule has 1 aromatic heterocycles. The van der Waals surface area contributed by atoms with E-state index in [1.165, 1.54) is 32.1 Å². The molecule has 0 aromatic carbocycles. The van der Waals surface area contributed by atoms with Gasteiger partial charge in [0.15, 0.2) is 5.96 Å². The second kappa shape index (κ2) is 10.8. The molecule has 2 N–H and O–H groups in total. The van der Waals surface area contributed by atoms with Gasteiger partial charge in [0.05, 0.1) is 12.6 Å². The fourth-order valence-electron chi connectivity index (χ4n) is 4.86. The molecule has 0 radical (unpaired) electrons. The fourth-order valence-corrected chi connectivity index (χ4v) is 4.86. The number of ether oxygens (including phenoxy) is 1. The van der Waals surface area contributed by atoms with E-state index in [1.807, 2.05) is 13.2 Å². The molecule has 0 saturated heterocycles. The Bertz CT molecular complexity index is 624. The fraction of sp³-hybridized carbons (Fsp3) is 0.810. The molecule has 1 aromatic rings. The lowest BCUT2D eigenvalue weighted by atomic mass is 9.55. The van der Waals surface area contributed by atoms with Crippen LogP contribution in [0.2, 0.25) is 0 Å². The highest BCUT2D eigenvalue weighted by atomic mass is 127. The van der Waals surface area contributed by atoms with Crippen LogP contribution in [0.15, 0.2) is 17.4 Å². The van der Waals surface area contributed by atoms with Crippen molar-refractivity contribution >= 4 is 29.9 Å². The number of hydrogen-bond donors (Lipinski definition) is 2. The standard InChI is InChI=1S/C21H37N5O.HI/c1-5-27-18-13-17(21(18)9-7-6-8-10-21)25-20(22-4)24-14-19-23-11-12-26(19)15-16(2)3;/h11-12,16-18H,5-10,13-15H2,1-4H3,(H2,22,24,25);1H. The van der Waals surface area contributed by atoms with Crippen LogP contribution in [0.3, 0.4) is 0 Å². The van der Waals surface area contributed by atoms with Crippen molar-refractivity contribution in [3.05, 3.63) is 18.2 Å². The summed E-state index contributed by atoms with van der Waals surface area (Å²) in [5.74, 6) is 2.53. The molecule has 28 heavy (non-hydrogen) atoms. The molecule has 2 unspecified atom stereocenters. The van der Waals surface area contributed by atoms with Crippen molar-refractivity contribution in [1.29, 1.82) is 0 Å². The lowest BCUT2D eigenvalue weighted by Crippen LogP contribution is -2.66. The first-order chi connectivity index (χ1) is 13.1. The number of halogens is 1. The molecule has 0 bridgehead atoms. The highest BCUT2D eigenvalue weighted by molar-refractivity contribution is 14.0. The molecule has 160 valence electrons. The van der Waals surface area contributed by atoms with E-state index in [-0.39, 0.29) is 24.0 Å². The van der Waals surface area contributed by atoms with Crippen LogP contribution in [0.1, 0.15) is 65.1 Å². The van der Waals surface area contributed by atoms with Crippen LogP contribution in [0.4, 0.5) is 0 Å². The average molecular weight is 503 g/mol. The second-order valence-corrected chi connectivity index (χ2v) is 8.49. The number of aromatic nitrogens is 2. The van der Waals surface area contributed by atoms with Gasteiger partial charge in [-0.2, -0.15) is 0 Å². The number of hydrogen-bond acceptors (Lipinski definition) is 3. The van der Waals surface area contributed by atoms with Crippen LogP contribution in [-0.4, -0.2) is 41.3 Å². The molecule has 1 heterocycles. The molecule has 1 spiro atoms. The van der Waals surface area contributed by atoms with Crippen LogP contribution < -0.4 is 10.6 Å². The third-order valence-corrected chi connectivity index (χ3v) is 6.25. The predicted molar refractivity (Wildman–Crippen MR) is 125 cm³/mol. The van der Waals surface area contributed by atoms with Gasteiger partial charge in [0.1, 0.15) is 5.82 Å². The lowest BCUT2D eigenvalue weighted by Gasteiger charge is -2.57. The van der Waals surface area contributed by atoms with E-state index in [4.69, 9.17) is 4.74 Å². The molecule has 2 fully saturated rings. The minimum atomic E-state index is 0. The maximum atomic E-state index is 6.07. The van der Waals surface area contributed by atoms with Gasteiger partial charge in [-0.05, 0) is 32.1 Å². The molecular formula is C21H38IN5O. The van der Waals surface area contributed by atoms with Crippen molar-refractivity contribution in [1.82, 2.24) is 20.2 Å². The Morgan fingerprint density at radius 1 is 1.36 bits per heavy atom. The van der Waals surface area contributed by atoms with Crippen LogP contribution >= 0.6 is 24.0 Å². The molecular weight excluding hydrogens is 465 g/mol. The Labute approximate surface area is 187 Å². The van der Waals surface area contributed by atoms with E-state index < -0.39 is 0 Å². The Kier molecular flexibility index (Phi) is 9.05. The molecule has 2 aliphatic carbocycles. The third kappa shape index (κ3) is 5.20. The Balaban J connectivity index is 0.00000280. The van der Waals surface area contributed by atoms with Gasteiger partial charge in [0, 0.05) is 44.0 Å². The molecule has 2 saturated carbocycles. The quantitative estimate of drug-likeness (QED) is 0.336. The Morgan fingerprint density at radius 3 is 2.75 bits per heavy atom. The SMILES string of the molecule is CCOC1CC(NC(=NC)NCc2nccn2CC(C)C)C12CCCCC2.I. The summed E-state index contributed by atoms with van der Waals surface area (Å²) in [5.41, 5.74) is 0.294. The summed E-state index contributed by atoms with van der Waals surface area (Å²) in [6.07, 6.45) is 12.0. The summed E-state index contributed by atoms with van der Waals surface area (Å²) in [7, 11) is 1.85. The molecule has 2 atom stereocenters. The van der Waals surface area contributed by atoms with Gasteiger partial charge in [-0.3, -0.25) is 4.99 Å². The van der Waals surface area contributed by atoms with Crippen LogP contribution in [0.25, 0.3) is 0 Å². The van der Waals surface area contributed by atoms with Crippen molar-refractivity contribution in [2.45, 2.75) is 84.5 Å². The first-order valence-corrected chi connectivity index (χ1v) is 10.7. The minimum absolute atomic E-state index is 0. The summed E-state index contributed by atoms with van der Waals surface area (Å²) >= 11 is 0. The number of aliphatic imine (C=N–C) groups is 1. The normalized spacial score (nSPS) is 24.0. The van der Waals surface area contributed by atoms with Crippen molar-refractivity contribution < 1.29 is 4.74 Å². The molecule has 7 heteroatoms. The summed E-state index contributed by atoms with van der Waals surface area (Å²) in [6.45, 7) is 9.06. The monoisotopic (exact) mass is 503 g/mol. The summed E-state index contributed by atoms with van der Waals surface area (Å²) < 4.78 is 8.30.